The predicted molar refractivity (Wildman–Crippen MR) is 88.8 cm³/mol. The summed E-state index contributed by atoms with van der Waals surface area (Å²) in [6.45, 7) is 0. The Balaban J connectivity index is 2.22. The van der Waals surface area contributed by atoms with Crippen molar-refractivity contribution < 1.29 is 14.2 Å². The van der Waals surface area contributed by atoms with Crippen molar-refractivity contribution in [3.63, 3.8) is 0 Å². The summed E-state index contributed by atoms with van der Waals surface area (Å²) in [5.74, 6) is 1.83. The second-order valence-corrected chi connectivity index (χ2v) is 4.77. The van der Waals surface area contributed by atoms with E-state index in [0.29, 0.717) is 22.3 Å². The average molecular weight is 321 g/mol. The Labute approximate surface area is 134 Å². The summed E-state index contributed by atoms with van der Waals surface area (Å²) in [4.78, 5) is 0. The van der Waals surface area contributed by atoms with E-state index in [9.17, 15) is 0 Å². The normalized spacial score (nSPS) is 10.5. The third-order valence-corrected chi connectivity index (χ3v) is 3.19. The second kappa shape index (κ2) is 7.56. The lowest BCUT2D eigenvalue weighted by atomic mass is 10.2. The number of hydrogen-bond acceptors (Lipinski definition) is 5. The number of ether oxygens (including phenoxy) is 3. The Bertz CT molecular complexity index is 674. The molecule has 0 radical (unpaired) electrons. The molecule has 0 atom stereocenters. The first-order chi connectivity index (χ1) is 10.7. The fraction of sp³-hybridized carbons (Fsp3) is 0.188. The number of rotatable bonds is 6. The minimum atomic E-state index is 0.597. The highest BCUT2D eigenvalue weighted by molar-refractivity contribution is 6.30. The molecule has 6 heteroatoms. The van der Waals surface area contributed by atoms with Crippen LogP contribution in [-0.4, -0.2) is 27.5 Å². The Kier molecular flexibility index (Phi) is 5.49. The van der Waals surface area contributed by atoms with Gasteiger partial charge in [-0.1, -0.05) is 17.7 Å². The van der Waals surface area contributed by atoms with Crippen LogP contribution in [0.4, 0.5) is 5.69 Å². The van der Waals surface area contributed by atoms with E-state index in [1.165, 1.54) is 0 Å². The van der Waals surface area contributed by atoms with E-state index in [0.717, 1.165) is 11.3 Å². The minimum absolute atomic E-state index is 0.597. The van der Waals surface area contributed by atoms with Crippen LogP contribution in [0.3, 0.4) is 0 Å². The lowest BCUT2D eigenvalue weighted by Gasteiger charge is -2.11. The summed E-state index contributed by atoms with van der Waals surface area (Å²) in [6, 6.07) is 10.8. The molecule has 2 rings (SSSR count). The highest BCUT2D eigenvalue weighted by atomic mass is 35.5. The van der Waals surface area contributed by atoms with E-state index in [1.54, 1.807) is 51.8 Å². The molecule has 0 aliphatic rings. The van der Waals surface area contributed by atoms with Crippen LogP contribution in [0, 0.1) is 0 Å². The molecule has 0 bridgehead atoms. The topological polar surface area (TPSA) is 52.1 Å². The molecule has 0 spiro atoms. The van der Waals surface area contributed by atoms with Gasteiger partial charge in [0, 0.05) is 16.7 Å². The van der Waals surface area contributed by atoms with Gasteiger partial charge in [-0.3, -0.25) is 5.43 Å². The first kappa shape index (κ1) is 16.0. The number of anilines is 1. The van der Waals surface area contributed by atoms with Gasteiger partial charge in [0.15, 0.2) is 11.5 Å². The van der Waals surface area contributed by atoms with Crippen molar-refractivity contribution in [2.45, 2.75) is 0 Å². The fourth-order valence-corrected chi connectivity index (χ4v) is 2.08. The first-order valence-electron chi connectivity index (χ1n) is 6.52. The van der Waals surface area contributed by atoms with Crippen LogP contribution in [0.25, 0.3) is 0 Å². The standard InChI is InChI=1S/C16H17ClN2O3/c1-20-14-9-16(22-3)15(21-2)7-11(14)10-18-19-13-6-4-5-12(17)8-13/h4-10,19H,1-3H3/b18-10-. The number of hydrazone groups is 1. The molecule has 2 aromatic carbocycles. The zero-order valence-electron chi connectivity index (χ0n) is 12.6. The van der Waals surface area contributed by atoms with Gasteiger partial charge in [0.25, 0.3) is 0 Å². The molecule has 0 saturated carbocycles. The van der Waals surface area contributed by atoms with E-state index < -0.39 is 0 Å². The maximum atomic E-state index is 5.92. The average Bonchev–Trinajstić information content (AvgIpc) is 2.54. The monoisotopic (exact) mass is 320 g/mol. The van der Waals surface area contributed by atoms with Gasteiger partial charge in [-0.05, 0) is 24.3 Å². The smallest absolute Gasteiger partial charge is 0.164 e. The summed E-state index contributed by atoms with van der Waals surface area (Å²) in [5.41, 5.74) is 4.46. The van der Waals surface area contributed by atoms with Crippen molar-refractivity contribution in [3.8, 4) is 17.2 Å². The first-order valence-corrected chi connectivity index (χ1v) is 6.90. The zero-order valence-corrected chi connectivity index (χ0v) is 13.3. The summed E-state index contributed by atoms with van der Waals surface area (Å²) < 4.78 is 15.9. The molecule has 22 heavy (non-hydrogen) atoms. The van der Waals surface area contributed by atoms with Gasteiger partial charge in [-0.15, -0.1) is 0 Å². The molecule has 0 aromatic heterocycles. The predicted octanol–water partition coefficient (Wildman–Crippen LogP) is 3.81. The number of nitrogens with zero attached hydrogens (tertiary/aromatic N) is 1. The quantitative estimate of drug-likeness (QED) is 0.649. The molecule has 0 saturated heterocycles. The van der Waals surface area contributed by atoms with E-state index in [4.69, 9.17) is 25.8 Å². The SMILES string of the molecule is COc1cc(OC)c(OC)cc1/C=N\Nc1cccc(Cl)c1. The van der Waals surface area contributed by atoms with Crippen molar-refractivity contribution >= 4 is 23.5 Å². The van der Waals surface area contributed by atoms with Crippen LogP contribution in [0.15, 0.2) is 41.5 Å². The van der Waals surface area contributed by atoms with Crippen molar-refractivity contribution in [3.05, 3.63) is 47.0 Å². The molecule has 1 N–H and O–H groups in total. The molecule has 0 fully saturated rings. The van der Waals surface area contributed by atoms with Crippen LogP contribution in [0.5, 0.6) is 17.2 Å². The van der Waals surface area contributed by atoms with Gasteiger partial charge in [0.1, 0.15) is 5.75 Å². The van der Waals surface area contributed by atoms with Crippen LogP contribution in [0.1, 0.15) is 5.56 Å². The zero-order chi connectivity index (χ0) is 15.9. The van der Waals surface area contributed by atoms with Gasteiger partial charge in [0.2, 0.25) is 0 Å². The van der Waals surface area contributed by atoms with Crippen LogP contribution in [0.2, 0.25) is 5.02 Å². The molecule has 0 aliphatic carbocycles. The van der Waals surface area contributed by atoms with E-state index in [2.05, 4.69) is 10.5 Å². The minimum Gasteiger partial charge on any atom is -0.496 e. The largest absolute Gasteiger partial charge is 0.496 e. The van der Waals surface area contributed by atoms with Crippen molar-refractivity contribution in [1.29, 1.82) is 0 Å². The molecule has 116 valence electrons. The molecule has 5 nitrogen and oxygen atoms in total. The lowest BCUT2D eigenvalue weighted by molar-refractivity contribution is 0.349. The van der Waals surface area contributed by atoms with Gasteiger partial charge in [-0.25, -0.2) is 0 Å². The molecular weight excluding hydrogens is 304 g/mol. The van der Waals surface area contributed by atoms with Gasteiger partial charge in [0.05, 0.1) is 33.2 Å². The van der Waals surface area contributed by atoms with Crippen LogP contribution in [-0.2, 0) is 0 Å². The number of halogens is 1. The number of nitrogens with one attached hydrogen (secondary N) is 1. The van der Waals surface area contributed by atoms with E-state index in [-0.39, 0.29) is 0 Å². The van der Waals surface area contributed by atoms with E-state index >= 15 is 0 Å². The fourth-order valence-electron chi connectivity index (χ4n) is 1.89. The van der Waals surface area contributed by atoms with Gasteiger partial charge in [-0.2, -0.15) is 5.10 Å². The Morgan fingerprint density at radius 1 is 0.955 bits per heavy atom. The Hall–Kier alpha value is -2.40. The van der Waals surface area contributed by atoms with Crippen LogP contribution >= 0.6 is 11.6 Å². The third kappa shape index (κ3) is 3.83. The Morgan fingerprint density at radius 2 is 1.64 bits per heavy atom. The maximum absolute atomic E-state index is 5.92. The second-order valence-electron chi connectivity index (χ2n) is 4.33. The molecule has 0 unspecified atom stereocenters. The lowest BCUT2D eigenvalue weighted by Crippen LogP contribution is -1.98. The molecule has 0 aliphatic heterocycles. The summed E-state index contributed by atoms with van der Waals surface area (Å²) in [5, 5.41) is 4.82. The van der Waals surface area contributed by atoms with Crippen molar-refractivity contribution in [1.82, 2.24) is 0 Å². The van der Waals surface area contributed by atoms with Gasteiger partial charge < -0.3 is 14.2 Å². The summed E-state index contributed by atoms with van der Waals surface area (Å²) >= 11 is 5.92. The Morgan fingerprint density at radius 3 is 2.27 bits per heavy atom. The molecular formula is C16H17ClN2O3. The number of methoxy groups -OCH3 is 3. The van der Waals surface area contributed by atoms with E-state index in [1.807, 2.05) is 12.1 Å². The third-order valence-electron chi connectivity index (χ3n) is 2.96. The highest BCUT2D eigenvalue weighted by Crippen LogP contribution is 2.33. The molecule has 0 amide bonds. The highest BCUT2D eigenvalue weighted by Gasteiger charge is 2.10. The van der Waals surface area contributed by atoms with Crippen LogP contribution < -0.4 is 19.6 Å². The summed E-state index contributed by atoms with van der Waals surface area (Å²) in [6.07, 6.45) is 1.64. The molecule has 0 heterocycles. The number of benzene rings is 2. The van der Waals surface area contributed by atoms with Crippen molar-refractivity contribution in [2.75, 3.05) is 26.8 Å². The van der Waals surface area contributed by atoms with Gasteiger partial charge >= 0.3 is 0 Å². The summed E-state index contributed by atoms with van der Waals surface area (Å²) in [7, 11) is 4.74. The van der Waals surface area contributed by atoms with Crippen molar-refractivity contribution in [2.24, 2.45) is 5.10 Å². The maximum Gasteiger partial charge on any atom is 0.164 e. The molecule has 2 aromatic rings. The number of hydrogen-bond donors (Lipinski definition) is 1.